The second-order valence-corrected chi connectivity index (χ2v) is 13.6. The van der Waals surface area contributed by atoms with E-state index in [4.69, 9.17) is 0 Å². The Balaban J connectivity index is 1.08. The molecule has 2 nitrogen and oxygen atoms in total. The zero-order chi connectivity index (χ0) is 32.8. The van der Waals surface area contributed by atoms with Crippen LogP contribution in [0.15, 0.2) is 152 Å². The molecule has 1 aliphatic carbocycles. The molecule has 1 aliphatic rings. The Morgan fingerprint density at radius 2 is 0.959 bits per heavy atom. The summed E-state index contributed by atoms with van der Waals surface area (Å²) < 4.78 is 2.40. The second-order valence-electron chi connectivity index (χ2n) is 13.6. The van der Waals surface area contributed by atoms with Gasteiger partial charge in [-0.1, -0.05) is 78.9 Å². The number of benzene rings is 8. The normalized spacial score (nSPS) is 12.0. The van der Waals surface area contributed by atoms with E-state index in [1.165, 1.54) is 105 Å². The monoisotopic (exact) mass is 626 g/mol. The van der Waals surface area contributed by atoms with Crippen LogP contribution in [0.1, 0.15) is 16.7 Å². The van der Waals surface area contributed by atoms with E-state index in [1.807, 2.05) is 0 Å². The van der Waals surface area contributed by atoms with Gasteiger partial charge in [0.15, 0.2) is 0 Å². The number of aryl methyl sites for hydroxylation is 3. The first kappa shape index (κ1) is 27.9. The third-order valence-corrected chi connectivity index (χ3v) is 10.6. The molecule has 49 heavy (non-hydrogen) atoms. The molecule has 0 spiro atoms. The third-order valence-electron chi connectivity index (χ3n) is 10.6. The fourth-order valence-electron chi connectivity index (χ4n) is 8.06. The van der Waals surface area contributed by atoms with Crippen molar-refractivity contribution in [1.29, 1.82) is 0 Å². The summed E-state index contributed by atoms with van der Waals surface area (Å²) in [5.41, 5.74) is 16.4. The van der Waals surface area contributed by atoms with Gasteiger partial charge in [0, 0.05) is 33.5 Å². The van der Waals surface area contributed by atoms with Gasteiger partial charge in [-0.15, -0.1) is 0 Å². The minimum absolute atomic E-state index is 1.17. The van der Waals surface area contributed by atoms with Crippen LogP contribution in [0.2, 0.25) is 0 Å². The highest BCUT2D eigenvalue weighted by molar-refractivity contribution is 6.13. The summed E-state index contributed by atoms with van der Waals surface area (Å²) in [7, 11) is 0. The van der Waals surface area contributed by atoms with Crippen LogP contribution in [0.5, 0.6) is 0 Å². The third kappa shape index (κ3) is 4.20. The molecule has 10 rings (SSSR count). The lowest BCUT2D eigenvalue weighted by Gasteiger charge is -2.30. The second kappa shape index (κ2) is 10.4. The first-order chi connectivity index (χ1) is 24.0. The van der Waals surface area contributed by atoms with Crippen molar-refractivity contribution in [1.82, 2.24) is 4.57 Å². The fourth-order valence-corrected chi connectivity index (χ4v) is 8.06. The molecule has 1 heterocycles. The number of nitrogens with zero attached hydrogens (tertiary/aromatic N) is 2. The molecular formula is C47H34N2. The summed E-state index contributed by atoms with van der Waals surface area (Å²) in [5, 5.41) is 7.63. The quantitative estimate of drug-likeness (QED) is 0.189. The Labute approximate surface area is 286 Å². The Bertz CT molecular complexity index is 2760. The summed E-state index contributed by atoms with van der Waals surface area (Å²) in [5.74, 6) is 0. The number of aromatic nitrogens is 1. The Morgan fingerprint density at radius 1 is 0.408 bits per heavy atom. The molecule has 1 aromatic heterocycles. The van der Waals surface area contributed by atoms with Gasteiger partial charge >= 0.3 is 0 Å². The van der Waals surface area contributed by atoms with E-state index >= 15 is 0 Å². The first-order valence-electron chi connectivity index (χ1n) is 17.1. The average Bonchev–Trinajstić information content (AvgIpc) is 3.47. The van der Waals surface area contributed by atoms with Crippen LogP contribution < -0.4 is 4.90 Å². The van der Waals surface area contributed by atoms with Crippen molar-refractivity contribution in [2.75, 3.05) is 4.90 Å². The number of rotatable bonds is 4. The van der Waals surface area contributed by atoms with Crippen molar-refractivity contribution >= 4 is 60.4 Å². The zero-order valence-corrected chi connectivity index (χ0v) is 27.8. The molecule has 9 aromatic rings. The van der Waals surface area contributed by atoms with Crippen LogP contribution in [0.25, 0.3) is 71.3 Å². The number of hydrogen-bond acceptors (Lipinski definition) is 1. The van der Waals surface area contributed by atoms with Gasteiger partial charge in [0.2, 0.25) is 0 Å². The fraction of sp³-hybridized carbons (Fsp3) is 0.0638. The van der Waals surface area contributed by atoms with E-state index in [-0.39, 0.29) is 0 Å². The zero-order valence-electron chi connectivity index (χ0n) is 27.8. The molecule has 0 saturated heterocycles. The summed E-state index contributed by atoms with van der Waals surface area (Å²) in [6.07, 6.45) is 0. The molecule has 8 aromatic carbocycles. The van der Waals surface area contributed by atoms with Gasteiger partial charge in [0.1, 0.15) is 0 Å². The van der Waals surface area contributed by atoms with Gasteiger partial charge < -0.3 is 9.47 Å². The van der Waals surface area contributed by atoms with Crippen molar-refractivity contribution in [2.24, 2.45) is 0 Å². The maximum absolute atomic E-state index is 2.42. The molecule has 0 bridgehead atoms. The summed E-state index contributed by atoms with van der Waals surface area (Å²) in [6.45, 7) is 6.58. The number of fused-ring (bicyclic) bond motifs is 9. The molecular weight excluding hydrogens is 593 g/mol. The van der Waals surface area contributed by atoms with E-state index in [0.717, 1.165) is 0 Å². The Hall–Kier alpha value is -6.12. The highest BCUT2D eigenvalue weighted by atomic mass is 15.1. The predicted molar refractivity (Wildman–Crippen MR) is 209 cm³/mol. The molecule has 232 valence electrons. The highest BCUT2D eigenvalue weighted by Gasteiger charge is 2.25. The minimum atomic E-state index is 1.17. The van der Waals surface area contributed by atoms with Gasteiger partial charge in [0.25, 0.3) is 0 Å². The van der Waals surface area contributed by atoms with Crippen LogP contribution >= 0.6 is 0 Å². The lowest BCUT2D eigenvalue weighted by molar-refractivity contribution is 1.19. The largest absolute Gasteiger partial charge is 0.310 e. The number of anilines is 3. The van der Waals surface area contributed by atoms with E-state index in [0.29, 0.717) is 0 Å². The van der Waals surface area contributed by atoms with Crippen molar-refractivity contribution in [3.8, 4) is 27.9 Å². The minimum Gasteiger partial charge on any atom is -0.310 e. The maximum atomic E-state index is 2.42. The van der Waals surface area contributed by atoms with Gasteiger partial charge in [-0.2, -0.15) is 0 Å². The standard InChI is InChI=1S/C47H34N2/c1-29-16-17-31(3)47(22-29)48(44-13-7-4-10-30(44)2)36-20-18-32-25-40-42(27-34(32)23-36)41-26-33-19-21-37(24-35(33)28-43(40)41)49-45-14-8-5-11-38(45)39-12-6-9-15-46(39)49/h4-28H,1-3H3. The lowest BCUT2D eigenvalue weighted by atomic mass is 9.78. The van der Waals surface area contributed by atoms with Crippen molar-refractivity contribution in [2.45, 2.75) is 20.8 Å². The van der Waals surface area contributed by atoms with Gasteiger partial charge in [-0.3, -0.25) is 0 Å². The van der Waals surface area contributed by atoms with Gasteiger partial charge in [-0.05, 0) is 154 Å². The van der Waals surface area contributed by atoms with E-state index < -0.39 is 0 Å². The van der Waals surface area contributed by atoms with Crippen LogP contribution in [-0.4, -0.2) is 4.57 Å². The molecule has 0 amide bonds. The molecule has 0 fully saturated rings. The van der Waals surface area contributed by atoms with Gasteiger partial charge in [0.05, 0.1) is 11.0 Å². The molecule has 2 heteroatoms. The summed E-state index contributed by atoms with van der Waals surface area (Å²) in [4.78, 5) is 2.42. The molecule has 0 unspecified atom stereocenters. The van der Waals surface area contributed by atoms with E-state index in [1.54, 1.807) is 0 Å². The maximum Gasteiger partial charge on any atom is 0.0541 e. The van der Waals surface area contributed by atoms with Crippen LogP contribution in [0.3, 0.4) is 0 Å². The molecule has 0 radical (unpaired) electrons. The van der Waals surface area contributed by atoms with E-state index in [9.17, 15) is 0 Å². The summed E-state index contributed by atoms with van der Waals surface area (Å²) >= 11 is 0. The van der Waals surface area contributed by atoms with Crippen LogP contribution in [0.4, 0.5) is 17.1 Å². The van der Waals surface area contributed by atoms with E-state index in [2.05, 4.69) is 182 Å². The van der Waals surface area contributed by atoms with Crippen molar-refractivity contribution in [3.63, 3.8) is 0 Å². The SMILES string of the molecule is Cc1ccc(C)c(N(c2ccc3cc4c(cc3c2)-c2cc3ccc(-n5c6ccccc6c6ccccc65)cc3cc2-4)c2ccccc2C)c1. The Morgan fingerprint density at radius 3 is 1.63 bits per heavy atom. The predicted octanol–water partition coefficient (Wildman–Crippen LogP) is 13.1. The molecule has 0 N–H and O–H groups in total. The Kier molecular flexibility index (Phi) is 5.95. The number of hydrogen-bond donors (Lipinski definition) is 0. The summed E-state index contributed by atoms with van der Waals surface area (Å²) in [6, 6.07) is 56.3. The van der Waals surface area contributed by atoms with Crippen LogP contribution in [0, 0.1) is 20.8 Å². The van der Waals surface area contributed by atoms with Crippen molar-refractivity contribution in [3.05, 3.63) is 168 Å². The lowest BCUT2D eigenvalue weighted by Crippen LogP contribution is -2.13. The van der Waals surface area contributed by atoms with Crippen LogP contribution in [-0.2, 0) is 0 Å². The topological polar surface area (TPSA) is 8.17 Å². The first-order valence-corrected chi connectivity index (χ1v) is 17.1. The molecule has 0 saturated carbocycles. The van der Waals surface area contributed by atoms with Crippen molar-refractivity contribution < 1.29 is 0 Å². The molecule has 0 atom stereocenters. The highest BCUT2D eigenvalue weighted by Crippen LogP contribution is 2.51. The van der Waals surface area contributed by atoms with Gasteiger partial charge in [-0.25, -0.2) is 0 Å². The number of para-hydroxylation sites is 3. The average molecular weight is 627 g/mol. The molecule has 0 aliphatic heterocycles. The smallest absolute Gasteiger partial charge is 0.0541 e.